The smallest absolute Gasteiger partial charge is 0.407 e. The third-order valence-electron chi connectivity index (χ3n) is 4.98. The Balaban J connectivity index is 1.31. The van der Waals surface area contributed by atoms with Crippen molar-refractivity contribution >= 4 is 17.8 Å². The molecule has 2 amide bonds. The topological polar surface area (TPSA) is 123 Å². The molecule has 162 valence electrons. The van der Waals surface area contributed by atoms with E-state index >= 15 is 0 Å². The number of carbonyl (C=O) groups is 2. The number of ether oxygens (including phenoxy) is 2. The van der Waals surface area contributed by atoms with Crippen LogP contribution in [-0.4, -0.2) is 50.2 Å². The van der Waals surface area contributed by atoms with E-state index in [0.29, 0.717) is 30.5 Å². The van der Waals surface area contributed by atoms with Gasteiger partial charge in [0.05, 0.1) is 18.3 Å². The molecule has 2 atom stereocenters. The highest BCUT2D eigenvalue weighted by molar-refractivity contribution is 6.02. The first-order chi connectivity index (χ1) is 14.3. The lowest BCUT2D eigenvalue weighted by atomic mass is 10.1. The molecule has 2 aromatic heterocycles. The van der Waals surface area contributed by atoms with Gasteiger partial charge < -0.3 is 20.1 Å². The number of hydrogen-bond donors (Lipinski definition) is 3. The average Bonchev–Trinajstić information content (AvgIpc) is 3.03. The van der Waals surface area contributed by atoms with Gasteiger partial charge in [-0.2, -0.15) is 10.2 Å². The zero-order chi connectivity index (χ0) is 21.3. The van der Waals surface area contributed by atoms with Gasteiger partial charge in [0.2, 0.25) is 0 Å². The highest BCUT2D eigenvalue weighted by atomic mass is 16.6. The van der Waals surface area contributed by atoms with Gasteiger partial charge >= 0.3 is 6.09 Å². The lowest BCUT2D eigenvalue weighted by Crippen LogP contribution is -2.39. The Morgan fingerprint density at radius 3 is 2.90 bits per heavy atom. The van der Waals surface area contributed by atoms with E-state index in [9.17, 15) is 9.59 Å². The molecular formula is C20H28N6O4. The number of amides is 2. The molecule has 1 aliphatic heterocycles. The molecule has 0 spiro atoms. The lowest BCUT2D eigenvalue weighted by Gasteiger charge is -2.21. The number of nitrogens with zero attached hydrogens (tertiary/aromatic N) is 3. The quantitative estimate of drug-likeness (QED) is 0.665. The molecule has 1 aliphatic carbocycles. The van der Waals surface area contributed by atoms with Gasteiger partial charge in [0.15, 0.2) is 5.82 Å². The van der Waals surface area contributed by atoms with Crippen molar-refractivity contribution in [3.05, 3.63) is 29.7 Å². The number of carbonyl (C=O) groups excluding carboxylic acids is 2. The standard InChI is InChI=1S/C20H28N6O4/c1-20(2,3)30-19(28)22-13-8-16(29-11-13)14-9-17(25-24-14)23-18(27)15-6-7-21-26(15)10-12-4-5-12/h6-7,9,12-13,16H,4-5,8,10-11H2,1-3H3,(H,22,28)(H2,23,24,25,27)/t13-,16-/m0/s1. The molecule has 30 heavy (non-hydrogen) atoms. The van der Waals surface area contributed by atoms with Crippen molar-refractivity contribution in [2.45, 2.75) is 64.3 Å². The number of hydrogen-bond acceptors (Lipinski definition) is 6. The molecular weight excluding hydrogens is 388 g/mol. The summed E-state index contributed by atoms with van der Waals surface area (Å²) in [4.78, 5) is 24.5. The van der Waals surface area contributed by atoms with E-state index < -0.39 is 11.7 Å². The summed E-state index contributed by atoms with van der Waals surface area (Å²) >= 11 is 0. The van der Waals surface area contributed by atoms with Gasteiger partial charge in [-0.15, -0.1) is 0 Å². The van der Waals surface area contributed by atoms with Gasteiger partial charge in [0.1, 0.15) is 17.4 Å². The van der Waals surface area contributed by atoms with Crippen LogP contribution in [0.5, 0.6) is 0 Å². The number of rotatable bonds is 6. The fourth-order valence-electron chi connectivity index (χ4n) is 3.38. The number of aromatic amines is 1. The summed E-state index contributed by atoms with van der Waals surface area (Å²) < 4.78 is 12.8. The minimum atomic E-state index is -0.548. The van der Waals surface area contributed by atoms with E-state index in [1.54, 1.807) is 23.0 Å². The normalized spacial score (nSPS) is 21.4. The second kappa shape index (κ2) is 8.10. The van der Waals surface area contributed by atoms with Crippen molar-refractivity contribution in [3.63, 3.8) is 0 Å². The first-order valence-corrected chi connectivity index (χ1v) is 10.3. The van der Waals surface area contributed by atoms with Gasteiger partial charge in [-0.05, 0) is 45.6 Å². The number of aromatic nitrogens is 4. The molecule has 3 heterocycles. The SMILES string of the molecule is CC(C)(C)OC(=O)N[C@@H]1CO[C@H](c2cc(NC(=O)c3ccnn3CC3CC3)n[nH]2)C1. The molecule has 1 saturated heterocycles. The summed E-state index contributed by atoms with van der Waals surface area (Å²) in [5, 5.41) is 16.9. The van der Waals surface area contributed by atoms with Crippen LogP contribution in [-0.2, 0) is 16.0 Å². The summed E-state index contributed by atoms with van der Waals surface area (Å²) in [7, 11) is 0. The van der Waals surface area contributed by atoms with Crippen molar-refractivity contribution in [3.8, 4) is 0 Å². The maximum atomic E-state index is 12.6. The summed E-state index contributed by atoms with van der Waals surface area (Å²) in [5.41, 5.74) is 0.712. The third-order valence-corrected chi connectivity index (χ3v) is 4.98. The summed E-state index contributed by atoms with van der Waals surface area (Å²) in [5.74, 6) is 0.791. The predicted molar refractivity (Wildman–Crippen MR) is 108 cm³/mol. The van der Waals surface area contributed by atoms with Crippen LogP contribution in [0, 0.1) is 5.92 Å². The monoisotopic (exact) mass is 416 g/mol. The van der Waals surface area contributed by atoms with Crippen molar-refractivity contribution in [1.29, 1.82) is 0 Å². The Morgan fingerprint density at radius 2 is 2.17 bits per heavy atom. The summed E-state index contributed by atoms with van der Waals surface area (Å²) in [6.45, 7) is 6.61. The molecule has 0 radical (unpaired) electrons. The molecule has 2 aromatic rings. The van der Waals surface area contributed by atoms with Gasteiger partial charge in [-0.25, -0.2) is 4.79 Å². The summed E-state index contributed by atoms with van der Waals surface area (Å²) in [6.07, 6.45) is 3.89. The Morgan fingerprint density at radius 1 is 1.37 bits per heavy atom. The fraction of sp³-hybridized carbons (Fsp3) is 0.600. The Bertz CT molecular complexity index is 911. The van der Waals surface area contributed by atoms with Crippen LogP contribution in [0.2, 0.25) is 0 Å². The van der Waals surface area contributed by atoms with E-state index in [-0.39, 0.29) is 18.1 Å². The molecule has 4 rings (SSSR count). The van der Waals surface area contributed by atoms with Crippen LogP contribution in [0.4, 0.5) is 10.6 Å². The van der Waals surface area contributed by atoms with Crippen LogP contribution in [0.1, 0.15) is 62.3 Å². The van der Waals surface area contributed by atoms with Gasteiger partial charge in [-0.1, -0.05) is 0 Å². The van der Waals surface area contributed by atoms with E-state index in [1.807, 2.05) is 20.8 Å². The largest absolute Gasteiger partial charge is 0.444 e. The molecule has 1 saturated carbocycles. The highest BCUT2D eigenvalue weighted by Crippen LogP contribution is 2.31. The lowest BCUT2D eigenvalue weighted by molar-refractivity contribution is 0.0494. The van der Waals surface area contributed by atoms with Crippen molar-refractivity contribution in [2.75, 3.05) is 11.9 Å². The van der Waals surface area contributed by atoms with E-state index in [4.69, 9.17) is 9.47 Å². The van der Waals surface area contributed by atoms with Gasteiger partial charge in [-0.3, -0.25) is 14.6 Å². The van der Waals surface area contributed by atoms with E-state index in [2.05, 4.69) is 25.9 Å². The van der Waals surface area contributed by atoms with Crippen LogP contribution >= 0.6 is 0 Å². The molecule has 2 aliphatic rings. The molecule has 3 N–H and O–H groups in total. The number of anilines is 1. The van der Waals surface area contributed by atoms with Crippen LogP contribution < -0.4 is 10.6 Å². The number of H-pyrrole nitrogens is 1. The van der Waals surface area contributed by atoms with Crippen molar-refractivity contribution in [1.82, 2.24) is 25.3 Å². The van der Waals surface area contributed by atoms with E-state index in [0.717, 1.165) is 12.2 Å². The van der Waals surface area contributed by atoms with Gasteiger partial charge in [0.25, 0.3) is 5.91 Å². The number of nitrogens with one attached hydrogen (secondary N) is 3. The molecule has 0 bridgehead atoms. The zero-order valence-electron chi connectivity index (χ0n) is 17.5. The minimum Gasteiger partial charge on any atom is -0.444 e. The predicted octanol–water partition coefficient (Wildman–Crippen LogP) is 2.62. The molecule has 2 fully saturated rings. The van der Waals surface area contributed by atoms with Crippen LogP contribution in [0.3, 0.4) is 0 Å². The first kappa shape index (κ1) is 20.4. The third kappa shape index (κ3) is 5.18. The van der Waals surface area contributed by atoms with Crippen molar-refractivity contribution in [2.24, 2.45) is 5.92 Å². The number of alkyl carbamates (subject to hydrolysis) is 1. The molecule has 10 nitrogen and oxygen atoms in total. The van der Waals surface area contributed by atoms with Crippen LogP contribution in [0.15, 0.2) is 18.3 Å². The first-order valence-electron chi connectivity index (χ1n) is 10.3. The average molecular weight is 416 g/mol. The molecule has 0 unspecified atom stereocenters. The van der Waals surface area contributed by atoms with Crippen molar-refractivity contribution < 1.29 is 19.1 Å². The second-order valence-corrected chi connectivity index (χ2v) is 8.91. The summed E-state index contributed by atoms with van der Waals surface area (Å²) in [6, 6.07) is 3.31. The zero-order valence-corrected chi connectivity index (χ0v) is 17.5. The van der Waals surface area contributed by atoms with Crippen LogP contribution in [0.25, 0.3) is 0 Å². The maximum Gasteiger partial charge on any atom is 0.407 e. The minimum absolute atomic E-state index is 0.150. The fourth-order valence-corrected chi connectivity index (χ4v) is 3.38. The second-order valence-electron chi connectivity index (χ2n) is 8.91. The Hall–Kier alpha value is -2.88. The van der Waals surface area contributed by atoms with E-state index in [1.165, 1.54) is 12.8 Å². The molecule has 0 aromatic carbocycles. The molecule has 10 heteroatoms. The van der Waals surface area contributed by atoms with Gasteiger partial charge in [0, 0.05) is 25.2 Å². The Labute approximate surface area is 174 Å². The highest BCUT2D eigenvalue weighted by Gasteiger charge is 2.31. The Kier molecular flexibility index (Phi) is 5.50. The maximum absolute atomic E-state index is 12.6.